The molecule has 0 aromatic heterocycles. The van der Waals surface area contributed by atoms with Gasteiger partial charge in [0.2, 0.25) is 0 Å². The fourth-order valence-electron chi connectivity index (χ4n) is 1.60. The van der Waals surface area contributed by atoms with Gasteiger partial charge in [0.15, 0.2) is 11.9 Å². The van der Waals surface area contributed by atoms with Crippen molar-refractivity contribution in [3.05, 3.63) is 29.8 Å². The molecule has 0 amide bonds. The summed E-state index contributed by atoms with van der Waals surface area (Å²) in [7, 11) is 1.89. The normalized spacial score (nSPS) is 14.9. The van der Waals surface area contributed by atoms with Crippen LogP contribution in [0.25, 0.3) is 0 Å². The molecule has 1 aliphatic heterocycles. The Kier molecular flexibility index (Phi) is 4.01. The molecule has 5 N–H and O–H groups in total. The molecule has 0 fully saturated rings. The molecule has 1 aliphatic rings. The highest BCUT2D eigenvalue weighted by Gasteiger charge is 2.04. The van der Waals surface area contributed by atoms with Gasteiger partial charge >= 0.3 is 0 Å². The minimum absolute atomic E-state index is 0.376. The van der Waals surface area contributed by atoms with Crippen molar-refractivity contribution >= 4 is 17.6 Å². The second-order valence-corrected chi connectivity index (χ2v) is 3.93. The molecule has 0 saturated carbocycles. The Morgan fingerprint density at radius 3 is 2.83 bits per heavy atom. The van der Waals surface area contributed by atoms with Crippen molar-refractivity contribution in [1.29, 1.82) is 0 Å². The maximum atomic E-state index is 5.76. The Morgan fingerprint density at radius 1 is 1.44 bits per heavy atom. The molecule has 0 spiro atoms. The SMILES string of the molecule is CNc1ccc(CN=C(N)NC2=NCCN2)cc1. The van der Waals surface area contributed by atoms with E-state index < -0.39 is 0 Å². The summed E-state index contributed by atoms with van der Waals surface area (Å²) in [4.78, 5) is 8.43. The number of anilines is 1. The van der Waals surface area contributed by atoms with Gasteiger partial charge in [0.1, 0.15) is 0 Å². The number of aliphatic imine (C=N–C) groups is 2. The van der Waals surface area contributed by atoms with E-state index in [-0.39, 0.29) is 0 Å². The zero-order chi connectivity index (χ0) is 12.8. The van der Waals surface area contributed by atoms with Crippen LogP contribution < -0.4 is 21.7 Å². The first-order valence-electron chi connectivity index (χ1n) is 5.90. The van der Waals surface area contributed by atoms with Crippen molar-refractivity contribution in [2.75, 3.05) is 25.5 Å². The van der Waals surface area contributed by atoms with Crippen LogP contribution in [0, 0.1) is 0 Å². The van der Waals surface area contributed by atoms with E-state index in [2.05, 4.69) is 25.9 Å². The molecule has 0 unspecified atom stereocenters. The largest absolute Gasteiger partial charge is 0.388 e. The molecule has 6 nitrogen and oxygen atoms in total. The van der Waals surface area contributed by atoms with Crippen molar-refractivity contribution < 1.29 is 0 Å². The molecule has 96 valence electrons. The molecule has 0 atom stereocenters. The second kappa shape index (κ2) is 5.90. The van der Waals surface area contributed by atoms with E-state index in [9.17, 15) is 0 Å². The van der Waals surface area contributed by atoms with Gasteiger partial charge in [-0.3, -0.25) is 10.3 Å². The van der Waals surface area contributed by atoms with Crippen LogP contribution in [0.15, 0.2) is 34.3 Å². The lowest BCUT2D eigenvalue weighted by Gasteiger charge is -2.05. The maximum Gasteiger partial charge on any atom is 0.198 e. The first-order chi connectivity index (χ1) is 8.78. The molecule has 0 aliphatic carbocycles. The summed E-state index contributed by atoms with van der Waals surface area (Å²) in [6.07, 6.45) is 0. The Bertz CT molecular complexity index is 448. The van der Waals surface area contributed by atoms with Crippen molar-refractivity contribution in [2.24, 2.45) is 15.7 Å². The minimum Gasteiger partial charge on any atom is -0.388 e. The standard InChI is InChI=1S/C12H18N6/c1-14-10-4-2-9(3-5-10)8-17-11(13)18-12-15-6-7-16-12/h2-5,14H,6-8H2,1H3,(H4,13,15,16,17,18). The number of nitrogens with two attached hydrogens (primary N) is 1. The highest BCUT2D eigenvalue weighted by atomic mass is 15.3. The highest BCUT2D eigenvalue weighted by Crippen LogP contribution is 2.09. The quantitative estimate of drug-likeness (QED) is 0.450. The van der Waals surface area contributed by atoms with Gasteiger partial charge in [-0.2, -0.15) is 0 Å². The van der Waals surface area contributed by atoms with E-state index in [4.69, 9.17) is 5.73 Å². The summed E-state index contributed by atoms with van der Waals surface area (Å²) in [6.45, 7) is 2.18. The van der Waals surface area contributed by atoms with Crippen LogP contribution >= 0.6 is 0 Å². The highest BCUT2D eigenvalue weighted by molar-refractivity contribution is 5.98. The van der Waals surface area contributed by atoms with E-state index in [0.29, 0.717) is 18.5 Å². The number of nitrogens with one attached hydrogen (secondary N) is 3. The summed E-state index contributed by atoms with van der Waals surface area (Å²) in [5.41, 5.74) is 7.96. The summed E-state index contributed by atoms with van der Waals surface area (Å²) in [5, 5.41) is 9.07. The summed E-state index contributed by atoms with van der Waals surface area (Å²) in [5.74, 6) is 1.07. The first kappa shape index (κ1) is 12.2. The zero-order valence-corrected chi connectivity index (χ0v) is 10.4. The number of rotatable bonds is 3. The Hall–Kier alpha value is -2.24. The van der Waals surface area contributed by atoms with E-state index in [1.807, 2.05) is 31.3 Å². The molecule has 2 rings (SSSR count). The smallest absolute Gasteiger partial charge is 0.198 e. The van der Waals surface area contributed by atoms with E-state index in [1.54, 1.807) is 0 Å². The molecule has 0 bridgehead atoms. The van der Waals surface area contributed by atoms with Gasteiger partial charge in [0.05, 0.1) is 13.1 Å². The van der Waals surface area contributed by atoms with Crippen molar-refractivity contribution in [3.63, 3.8) is 0 Å². The average Bonchev–Trinajstić information content (AvgIpc) is 2.90. The second-order valence-electron chi connectivity index (χ2n) is 3.93. The van der Waals surface area contributed by atoms with E-state index >= 15 is 0 Å². The maximum absolute atomic E-state index is 5.76. The van der Waals surface area contributed by atoms with Crippen LogP contribution in [0.1, 0.15) is 5.56 Å². The van der Waals surface area contributed by atoms with Crippen LogP contribution in [0.4, 0.5) is 5.69 Å². The predicted molar refractivity (Wildman–Crippen MR) is 74.8 cm³/mol. The molecule has 6 heteroatoms. The lowest BCUT2D eigenvalue weighted by molar-refractivity contribution is 0.947. The average molecular weight is 246 g/mol. The molecular weight excluding hydrogens is 228 g/mol. The lowest BCUT2D eigenvalue weighted by Crippen LogP contribution is -2.42. The minimum atomic E-state index is 0.376. The molecule has 0 radical (unpaired) electrons. The number of benzene rings is 1. The Morgan fingerprint density at radius 2 is 2.22 bits per heavy atom. The van der Waals surface area contributed by atoms with Gasteiger partial charge in [-0.25, -0.2) is 4.99 Å². The van der Waals surface area contributed by atoms with Gasteiger partial charge in [0.25, 0.3) is 0 Å². The molecule has 1 heterocycles. The summed E-state index contributed by atoms with van der Waals surface area (Å²) in [6, 6.07) is 8.07. The molecule has 1 aromatic rings. The summed E-state index contributed by atoms with van der Waals surface area (Å²) < 4.78 is 0. The third-order valence-corrected chi connectivity index (χ3v) is 2.60. The van der Waals surface area contributed by atoms with Gasteiger partial charge in [-0.15, -0.1) is 0 Å². The first-order valence-corrected chi connectivity index (χ1v) is 5.90. The van der Waals surface area contributed by atoms with E-state index in [1.165, 1.54) is 0 Å². The van der Waals surface area contributed by atoms with Gasteiger partial charge in [0, 0.05) is 19.3 Å². The third-order valence-electron chi connectivity index (χ3n) is 2.60. The Balaban J connectivity index is 1.88. The number of hydrogen-bond donors (Lipinski definition) is 4. The molecular formula is C12H18N6. The van der Waals surface area contributed by atoms with Crippen molar-refractivity contribution in [1.82, 2.24) is 10.6 Å². The topological polar surface area (TPSA) is 86.8 Å². The third kappa shape index (κ3) is 3.38. The lowest BCUT2D eigenvalue weighted by atomic mass is 10.2. The molecule has 0 saturated heterocycles. The van der Waals surface area contributed by atoms with Crippen LogP contribution in [0.5, 0.6) is 0 Å². The van der Waals surface area contributed by atoms with Crippen LogP contribution in [0.3, 0.4) is 0 Å². The molecule has 18 heavy (non-hydrogen) atoms. The van der Waals surface area contributed by atoms with Gasteiger partial charge < -0.3 is 16.4 Å². The van der Waals surface area contributed by atoms with Crippen LogP contribution in [0.2, 0.25) is 0 Å². The zero-order valence-electron chi connectivity index (χ0n) is 10.4. The Labute approximate surface area is 106 Å². The number of hydrogen-bond acceptors (Lipinski definition) is 4. The van der Waals surface area contributed by atoms with Crippen LogP contribution in [-0.4, -0.2) is 32.1 Å². The summed E-state index contributed by atoms with van der Waals surface area (Å²) >= 11 is 0. The van der Waals surface area contributed by atoms with Crippen molar-refractivity contribution in [3.8, 4) is 0 Å². The van der Waals surface area contributed by atoms with Crippen molar-refractivity contribution in [2.45, 2.75) is 6.54 Å². The number of guanidine groups is 2. The predicted octanol–water partition coefficient (Wildman–Crippen LogP) is 0.0918. The molecule has 1 aromatic carbocycles. The monoisotopic (exact) mass is 246 g/mol. The number of nitrogens with zero attached hydrogens (tertiary/aromatic N) is 2. The van der Waals surface area contributed by atoms with Gasteiger partial charge in [-0.05, 0) is 17.7 Å². The van der Waals surface area contributed by atoms with Crippen LogP contribution in [-0.2, 0) is 6.54 Å². The van der Waals surface area contributed by atoms with Gasteiger partial charge in [-0.1, -0.05) is 12.1 Å². The fourth-order valence-corrected chi connectivity index (χ4v) is 1.60. The van der Waals surface area contributed by atoms with E-state index in [0.717, 1.165) is 24.3 Å². The fraction of sp³-hybridized carbons (Fsp3) is 0.333.